The highest BCUT2D eigenvalue weighted by Gasteiger charge is 2.19. The Morgan fingerprint density at radius 2 is 0.893 bits per heavy atom. The number of rotatable bonds is 6. The first kappa shape index (κ1) is 31.9. The minimum atomic E-state index is 0.607. The van der Waals surface area contributed by atoms with Crippen molar-refractivity contribution in [1.29, 1.82) is 0 Å². The fourth-order valence-electron chi connectivity index (χ4n) is 7.99. The second kappa shape index (κ2) is 13.0. The zero-order chi connectivity index (χ0) is 37.0. The molecule has 5 nitrogen and oxygen atoms in total. The Labute approximate surface area is 322 Å². The fourth-order valence-corrected chi connectivity index (χ4v) is 7.99. The van der Waals surface area contributed by atoms with Crippen LogP contribution in [0.15, 0.2) is 199 Å². The van der Waals surface area contributed by atoms with Gasteiger partial charge in [0.1, 0.15) is 11.2 Å². The van der Waals surface area contributed by atoms with Crippen molar-refractivity contribution < 1.29 is 4.42 Å². The number of hydrogen-bond acceptors (Lipinski definition) is 4. The summed E-state index contributed by atoms with van der Waals surface area (Å²) in [5.74, 6) is 1.87. The monoisotopic (exact) mass is 716 g/mol. The van der Waals surface area contributed by atoms with Crippen LogP contribution in [0.5, 0.6) is 0 Å². The summed E-state index contributed by atoms with van der Waals surface area (Å²) in [5, 5.41) is 4.49. The van der Waals surface area contributed by atoms with E-state index in [4.69, 9.17) is 19.4 Å². The van der Waals surface area contributed by atoms with E-state index in [-0.39, 0.29) is 0 Å². The van der Waals surface area contributed by atoms with Gasteiger partial charge in [-0.1, -0.05) is 146 Å². The van der Waals surface area contributed by atoms with Gasteiger partial charge in [0.2, 0.25) is 0 Å². The first-order valence-electron chi connectivity index (χ1n) is 18.8. The van der Waals surface area contributed by atoms with Crippen LogP contribution in [0.25, 0.3) is 106 Å². The van der Waals surface area contributed by atoms with Gasteiger partial charge in [-0.3, -0.25) is 0 Å². The standard InChI is InChI=1S/C51H32N4O/c1-4-13-33(14-5-1)34-23-27-39(28-24-34)55-44-21-11-10-19-41(44)42-29-25-37(32-45(42)55)40-20-12-22-47-48(40)43-31-38(26-30-46(43)56-47)51-53-49(35-15-6-2-7-16-35)52-50(54-51)36-17-8-3-9-18-36/h1-32H. The van der Waals surface area contributed by atoms with Crippen molar-refractivity contribution in [2.24, 2.45) is 0 Å². The van der Waals surface area contributed by atoms with Crippen molar-refractivity contribution in [3.8, 4) is 62.1 Å². The first-order valence-corrected chi connectivity index (χ1v) is 18.8. The Morgan fingerprint density at radius 3 is 1.59 bits per heavy atom. The maximum Gasteiger partial charge on any atom is 0.164 e. The lowest BCUT2D eigenvalue weighted by Crippen LogP contribution is -2.00. The van der Waals surface area contributed by atoms with E-state index in [0.29, 0.717) is 17.5 Å². The second-order valence-corrected chi connectivity index (χ2v) is 14.0. The number of aromatic nitrogens is 4. The molecule has 3 heterocycles. The molecular formula is C51H32N4O. The molecule has 0 fully saturated rings. The number of furan rings is 1. The summed E-state index contributed by atoms with van der Waals surface area (Å²) in [7, 11) is 0. The highest BCUT2D eigenvalue weighted by molar-refractivity contribution is 6.15. The summed E-state index contributed by atoms with van der Waals surface area (Å²) < 4.78 is 8.89. The van der Waals surface area contributed by atoms with E-state index in [2.05, 4.69) is 120 Å². The number of fused-ring (bicyclic) bond motifs is 6. The van der Waals surface area contributed by atoms with Gasteiger partial charge in [-0.2, -0.15) is 0 Å². The number of benzene rings is 8. The van der Waals surface area contributed by atoms with Gasteiger partial charge in [0.05, 0.1) is 11.0 Å². The summed E-state index contributed by atoms with van der Waals surface area (Å²) >= 11 is 0. The molecule has 0 atom stereocenters. The van der Waals surface area contributed by atoms with Crippen molar-refractivity contribution in [2.75, 3.05) is 0 Å². The molecule has 0 aliphatic carbocycles. The average Bonchev–Trinajstić information content (AvgIpc) is 3.82. The number of para-hydroxylation sites is 1. The van der Waals surface area contributed by atoms with Crippen molar-refractivity contribution in [3.63, 3.8) is 0 Å². The Morgan fingerprint density at radius 1 is 0.339 bits per heavy atom. The van der Waals surface area contributed by atoms with Crippen molar-refractivity contribution in [3.05, 3.63) is 194 Å². The largest absolute Gasteiger partial charge is 0.456 e. The Balaban J connectivity index is 1.08. The number of hydrogen-bond donors (Lipinski definition) is 0. The average molecular weight is 717 g/mol. The van der Waals surface area contributed by atoms with Crippen molar-refractivity contribution in [2.45, 2.75) is 0 Å². The van der Waals surface area contributed by atoms with Gasteiger partial charge in [-0.25, -0.2) is 15.0 Å². The van der Waals surface area contributed by atoms with Gasteiger partial charge in [-0.15, -0.1) is 0 Å². The molecule has 3 aromatic heterocycles. The molecule has 11 rings (SSSR count). The van der Waals surface area contributed by atoms with Crippen molar-refractivity contribution >= 4 is 43.7 Å². The summed E-state index contributed by atoms with van der Waals surface area (Å²) in [5.41, 5.74) is 12.4. The maximum atomic E-state index is 6.51. The van der Waals surface area contributed by atoms with Crippen LogP contribution in [-0.4, -0.2) is 19.5 Å². The molecule has 0 N–H and O–H groups in total. The third kappa shape index (κ3) is 5.37. The van der Waals surface area contributed by atoms with Gasteiger partial charge in [0, 0.05) is 43.9 Å². The van der Waals surface area contributed by atoms with Gasteiger partial charge in [0.25, 0.3) is 0 Å². The lowest BCUT2D eigenvalue weighted by atomic mass is 9.97. The van der Waals surface area contributed by atoms with Gasteiger partial charge >= 0.3 is 0 Å². The minimum absolute atomic E-state index is 0.607. The molecule has 262 valence electrons. The maximum absolute atomic E-state index is 6.51. The lowest BCUT2D eigenvalue weighted by Gasteiger charge is -2.11. The SMILES string of the molecule is c1ccc(-c2ccc(-n3c4ccccc4c4ccc(-c5cccc6oc7ccc(-c8nc(-c9ccccc9)nc(-c9ccccc9)n8)cc7c56)cc43)cc2)cc1. The molecule has 0 aliphatic rings. The van der Waals surface area contributed by atoms with E-state index < -0.39 is 0 Å². The third-order valence-electron chi connectivity index (χ3n) is 10.7. The quantitative estimate of drug-likeness (QED) is 0.172. The summed E-state index contributed by atoms with van der Waals surface area (Å²) in [6.45, 7) is 0. The molecule has 8 aromatic carbocycles. The van der Waals surface area contributed by atoms with Crippen LogP contribution in [0.2, 0.25) is 0 Å². The Hall–Kier alpha value is -7.63. The van der Waals surface area contributed by atoms with Crippen molar-refractivity contribution in [1.82, 2.24) is 19.5 Å². The third-order valence-corrected chi connectivity index (χ3v) is 10.7. The molecule has 0 saturated heterocycles. The predicted octanol–water partition coefficient (Wildman–Crippen LogP) is 13.2. The van der Waals surface area contributed by atoms with Gasteiger partial charge in [0.15, 0.2) is 17.5 Å². The summed E-state index contributed by atoms with van der Waals surface area (Å²) in [4.78, 5) is 14.9. The van der Waals surface area contributed by atoms with Crippen LogP contribution >= 0.6 is 0 Å². The fraction of sp³-hybridized carbons (Fsp3) is 0. The van der Waals surface area contributed by atoms with E-state index in [0.717, 1.165) is 61.0 Å². The van der Waals surface area contributed by atoms with Crippen LogP contribution in [0, 0.1) is 0 Å². The molecule has 0 saturated carbocycles. The number of nitrogens with zero attached hydrogens (tertiary/aromatic N) is 4. The molecule has 0 spiro atoms. The zero-order valence-electron chi connectivity index (χ0n) is 30.2. The zero-order valence-corrected chi connectivity index (χ0v) is 30.2. The molecule has 5 heteroatoms. The van der Waals surface area contributed by atoms with E-state index >= 15 is 0 Å². The van der Waals surface area contributed by atoms with E-state index in [1.807, 2.05) is 78.9 Å². The van der Waals surface area contributed by atoms with Crippen LogP contribution in [0.1, 0.15) is 0 Å². The molecular weight excluding hydrogens is 685 g/mol. The Bertz CT molecular complexity index is 3160. The molecule has 0 bridgehead atoms. The normalized spacial score (nSPS) is 11.6. The molecule has 0 unspecified atom stereocenters. The first-order chi connectivity index (χ1) is 27.7. The molecule has 0 aliphatic heterocycles. The van der Waals surface area contributed by atoms with E-state index in [9.17, 15) is 0 Å². The Kier molecular flexibility index (Phi) is 7.42. The molecule has 11 aromatic rings. The summed E-state index contributed by atoms with van der Waals surface area (Å²) in [6, 6.07) is 67.5. The van der Waals surface area contributed by atoms with E-state index in [1.54, 1.807) is 0 Å². The van der Waals surface area contributed by atoms with Crippen LogP contribution in [0.4, 0.5) is 0 Å². The molecule has 0 amide bonds. The smallest absolute Gasteiger partial charge is 0.164 e. The molecule has 56 heavy (non-hydrogen) atoms. The topological polar surface area (TPSA) is 56.7 Å². The molecule has 0 radical (unpaired) electrons. The van der Waals surface area contributed by atoms with Crippen LogP contribution < -0.4 is 0 Å². The van der Waals surface area contributed by atoms with E-state index in [1.165, 1.54) is 27.4 Å². The van der Waals surface area contributed by atoms with Gasteiger partial charge < -0.3 is 8.98 Å². The van der Waals surface area contributed by atoms with Gasteiger partial charge in [-0.05, 0) is 70.8 Å². The highest BCUT2D eigenvalue weighted by Crippen LogP contribution is 2.41. The summed E-state index contributed by atoms with van der Waals surface area (Å²) in [6.07, 6.45) is 0. The second-order valence-electron chi connectivity index (χ2n) is 14.0. The van der Waals surface area contributed by atoms with Crippen LogP contribution in [0.3, 0.4) is 0 Å². The minimum Gasteiger partial charge on any atom is -0.456 e. The lowest BCUT2D eigenvalue weighted by molar-refractivity contribution is 0.669. The predicted molar refractivity (Wildman–Crippen MR) is 229 cm³/mol. The highest BCUT2D eigenvalue weighted by atomic mass is 16.3. The van der Waals surface area contributed by atoms with Crippen LogP contribution in [-0.2, 0) is 0 Å².